The lowest BCUT2D eigenvalue weighted by Gasteiger charge is -2.18. The average Bonchev–Trinajstić information content (AvgIpc) is 3.38. The van der Waals surface area contributed by atoms with Gasteiger partial charge in [0, 0.05) is 37.6 Å². The van der Waals surface area contributed by atoms with Gasteiger partial charge in [-0.25, -0.2) is 0 Å². The van der Waals surface area contributed by atoms with Crippen molar-refractivity contribution in [3.05, 3.63) is 88.7 Å². The molecule has 1 amide bonds. The predicted molar refractivity (Wildman–Crippen MR) is 108 cm³/mol. The summed E-state index contributed by atoms with van der Waals surface area (Å²) in [6, 6.07) is 18.7. The van der Waals surface area contributed by atoms with E-state index in [1.165, 1.54) is 16.3 Å². The van der Waals surface area contributed by atoms with Crippen LogP contribution in [0.25, 0.3) is 0 Å². The number of aromatic nitrogens is 1. The Morgan fingerprint density at radius 3 is 2.71 bits per heavy atom. The lowest BCUT2D eigenvalue weighted by Crippen LogP contribution is -2.30. The van der Waals surface area contributed by atoms with Gasteiger partial charge in [-0.2, -0.15) is 0 Å². The van der Waals surface area contributed by atoms with Gasteiger partial charge < -0.3 is 19.2 Å². The smallest absolute Gasteiger partial charge is 0.287 e. The van der Waals surface area contributed by atoms with Gasteiger partial charge in [-0.1, -0.05) is 24.3 Å². The zero-order valence-electron chi connectivity index (χ0n) is 15.6. The van der Waals surface area contributed by atoms with E-state index in [1.54, 1.807) is 30.5 Å². The molecule has 6 heteroatoms. The first-order valence-corrected chi connectivity index (χ1v) is 9.51. The molecule has 1 N–H and O–H groups in total. The second kappa shape index (κ2) is 8.17. The number of benzene rings is 1. The molecule has 4 rings (SSSR count). The van der Waals surface area contributed by atoms with Gasteiger partial charge in [-0.05, 0) is 42.7 Å². The molecule has 3 aromatic rings. The Bertz CT molecular complexity index is 993. The number of carbonyl (C=O) groups excluding carboxylic acids is 1. The van der Waals surface area contributed by atoms with E-state index in [1.807, 2.05) is 18.2 Å². The normalized spacial score (nSPS) is 16.3. The van der Waals surface area contributed by atoms with Gasteiger partial charge in [0.25, 0.3) is 11.5 Å². The molecule has 0 bridgehead atoms. The van der Waals surface area contributed by atoms with Crippen LogP contribution in [0.5, 0.6) is 0 Å². The largest absolute Gasteiger partial charge is 0.454 e. The quantitative estimate of drug-likeness (QED) is 0.717. The van der Waals surface area contributed by atoms with Crippen molar-refractivity contribution in [2.45, 2.75) is 13.0 Å². The number of carbonyl (C=O) groups is 1. The lowest BCUT2D eigenvalue weighted by molar-refractivity contribution is 0.0918. The third-order valence-electron chi connectivity index (χ3n) is 5.07. The SMILES string of the molecule is O=C(NCC1CCN(c2ccccc2)C1)c1ccc(Cn2ccccc2=O)o1. The number of nitrogens with zero attached hydrogens (tertiary/aromatic N) is 2. The van der Waals surface area contributed by atoms with E-state index in [0.717, 1.165) is 19.5 Å². The highest BCUT2D eigenvalue weighted by Crippen LogP contribution is 2.23. The molecule has 1 aromatic carbocycles. The minimum atomic E-state index is -0.218. The molecule has 1 fully saturated rings. The fourth-order valence-corrected chi connectivity index (χ4v) is 3.54. The first kappa shape index (κ1) is 18.1. The number of nitrogens with one attached hydrogen (secondary N) is 1. The fraction of sp³-hybridized carbons (Fsp3) is 0.273. The standard InChI is InChI=1S/C22H23N3O3/c26-21-8-4-5-12-25(21)16-19-9-10-20(28-19)22(27)23-14-17-11-13-24(15-17)18-6-2-1-3-7-18/h1-10,12,17H,11,13-16H2,(H,23,27). The molecule has 1 aliphatic heterocycles. The van der Waals surface area contributed by atoms with Gasteiger partial charge in [0.1, 0.15) is 5.76 Å². The molecule has 1 atom stereocenters. The van der Waals surface area contributed by atoms with Crippen molar-refractivity contribution in [1.29, 1.82) is 0 Å². The van der Waals surface area contributed by atoms with Crippen molar-refractivity contribution >= 4 is 11.6 Å². The maximum atomic E-state index is 12.4. The zero-order chi connectivity index (χ0) is 19.3. The van der Waals surface area contributed by atoms with Crippen molar-refractivity contribution in [2.75, 3.05) is 24.5 Å². The highest BCUT2D eigenvalue weighted by molar-refractivity contribution is 5.91. The number of hydrogen-bond donors (Lipinski definition) is 1. The monoisotopic (exact) mass is 377 g/mol. The highest BCUT2D eigenvalue weighted by Gasteiger charge is 2.23. The van der Waals surface area contributed by atoms with Crippen LogP contribution < -0.4 is 15.8 Å². The van der Waals surface area contributed by atoms with Crippen LogP contribution in [0.3, 0.4) is 0 Å². The summed E-state index contributed by atoms with van der Waals surface area (Å²) in [5, 5.41) is 2.97. The van der Waals surface area contributed by atoms with Crippen molar-refractivity contribution < 1.29 is 9.21 Å². The minimum absolute atomic E-state index is 0.103. The van der Waals surface area contributed by atoms with E-state index in [4.69, 9.17) is 4.42 Å². The summed E-state index contributed by atoms with van der Waals surface area (Å²) >= 11 is 0. The fourth-order valence-electron chi connectivity index (χ4n) is 3.54. The van der Waals surface area contributed by atoms with Crippen molar-refractivity contribution in [3.8, 4) is 0 Å². The minimum Gasteiger partial charge on any atom is -0.454 e. The Kier molecular flexibility index (Phi) is 5.28. The first-order chi connectivity index (χ1) is 13.7. The molecular formula is C22H23N3O3. The van der Waals surface area contributed by atoms with Crippen LogP contribution in [0.15, 0.2) is 76.1 Å². The van der Waals surface area contributed by atoms with Gasteiger partial charge in [0.05, 0.1) is 6.54 Å². The maximum Gasteiger partial charge on any atom is 0.287 e. The maximum absolute atomic E-state index is 12.4. The van der Waals surface area contributed by atoms with Crippen molar-refractivity contribution in [1.82, 2.24) is 9.88 Å². The van der Waals surface area contributed by atoms with Crippen molar-refractivity contribution in [2.24, 2.45) is 5.92 Å². The zero-order valence-corrected chi connectivity index (χ0v) is 15.6. The Balaban J connectivity index is 1.30. The van der Waals surface area contributed by atoms with Crippen LogP contribution >= 0.6 is 0 Å². The van der Waals surface area contributed by atoms with Crippen LogP contribution in [0.2, 0.25) is 0 Å². The Hall–Kier alpha value is -3.28. The number of hydrogen-bond acceptors (Lipinski definition) is 4. The molecule has 0 radical (unpaired) electrons. The summed E-state index contributed by atoms with van der Waals surface area (Å²) in [7, 11) is 0. The molecule has 1 saturated heterocycles. The van der Waals surface area contributed by atoms with Crippen molar-refractivity contribution in [3.63, 3.8) is 0 Å². The summed E-state index contributed by atoms with van der Waals surface area (Å²) in [6.45, 7) is 2.86. The van der Waals surface area contributed by atoms with E-state index >= 15 is 0 Å². The summed E-state index contributed by atoms with van der Waals surface area (Å²) in [6.07, 6.45) is 2.75. The van der Waals surface area contributed by atoms with E-state index in [0.29, 0.717) is 24.8 Å². The number of pyridine rings is 1. The summed E-state index contributed by atoms with van der Waals surface area (Å²) in [5.74, 6) is 1.05. The Morgan fingerprint density at radius 1 is 1.07 bits per heavy atom. The molecule has 1 unspecified atom stereocenters. The van der Waals surface area contributed by atoms with E-state index < -0.39 is 0 Å². The predicted octanol–water partition coefficient (Wildman–Crippen LogP) is 2.75. The molecular weight excluding hydrogens is 354 g/mol. The Morgan fingerprint density at radius 2 is 1.89 bits per heavy atom. The molecule has 3 heterocycles. The molecule has 0 spiro atoms. The van der Waals surface area contributed by atoms with Crippen LogP contribution in [-0.4, -0.2) is 30.1 Å². The number of para-hydroxylation sites is 1. The summed E-state index contributed by atoms with van der Waals surface area (Å²) in [5.41, 5.74) is 1.12. The summed E-state index contributed by atoms with van der Waals surface area (Å²) < 4.78 is 7.17. The lowest BCUT2D eigenvalue weighted by atomic mass is 10.1. The van der Waals surface area contributed by atoms with Gasteiger partial charge in [0.2, 0.25) is 0 Å². The first-order valence-electron chi connectivity index (χ1n) is 9.51. The molecule has 0 saturated carbocycles. The highest BCUT2D eigenvalue weighted by atomic mass is 16.4. The number of anilines is 1. The third kappa shape index (κ3) is 4.17. The van der Waals surface area contributed by atoms with E-state index in [9.17, 15) is 9.59 Å². The third-order valence-corrected chi connectivity index (χ3v) is 5.07. The molecule has 2 aromatic heterocycles. The molecule has 144 valence electrons. The second-order valence-corrected chi connectivity index (χ2v) is 7.08. The molecule has 6 nitrogen and oxygen atoms in total. The Labute approximate surface area is 163 Å². The van der Waals surface area contributed by atoms with Crippen LogP contribution in [0, 0.1) is 5.92 Å². The molecule has 1 aliphatic rings. The number of rotatable bonds is 6. The average molecular weight is 377 g/mol. The van der Waals surface area contributed by atoms with Crippen LogP contribution in [0.4, 0.5) is 5.69 Å². The summed E-state index contributed by atoms with van der Waals surface area (Å²) in [4.78, 5) is 26.5. The van der Waals surface area contributed by atoms with Gasteiger partial charge in [-0.3, -0.25) is 9.59 Å². The van der Waals surface area contributed by atoms with Gasteiger partial charge in [-0.15, -0.1) is 0 Å². The number of amides is 1. The molecule has 0 aliphatic carbocycles. The van der Waals surface area contributed by atoms with Crippen LogP contribution in [-0.2, 0) is 6.54 Å². The van der Waals surface area contributed by atoms with Crippen LogP contribution in [0.1, 0.15) is 22.7 Å². The molecule has 28 heavy (non-hydrogen) atoms. The van der Waals surface area contributed by atoms with Gasteiger partial charge in [0.15, 0.2) is 5.76 Å². The topological polar surface area (TPSA) is 67.5 Å². The second-order valence-electron chi connectivity index (χ2n) is 7.08. The van der Waals surface area contributed by atoms with E-state index in [-0.39, 0.29) is 17.2 Å². The number of furan rings is 1. The van der Waals surface area contributed by atoms with Gasteiger partial charge >= 0.3 is 0 Å². The van der Waals surface area contributed by atoms with E-state index in [2.05, 4.69) is 22.3 Å².